The van der Waals surface area contributed by atoms with E-state index in [0.29, 0.717) is 0 Å². The highest BCUT2D eigenvalue weighted by Crippen LogP contribution is 1.88. The van der Waals surface area contributed by atoms with Gasteiger partial charge >= 0.3 is 0 Å². The molecule has 0 aromatic carbocycles. The maximum Gasteiger partial charge on any atom is 0.216 e. The summed E-state index contributed by atoms with van der Waals surface area (Å²) in [7, 11) is 1.58. The normalized spacial score (nSPS) is 10.2. The number of nitrogens with one attached hydrogen (secondary N) is 2. The molecule has 0 rings (SSSR count). The molecule has 0 saturated carbocycles. The van der Waals surface area contributed by atoms with Crippen LogP contribution in [0.4, 0.5) is 0 Å². The van der Waals surface area contributed by atoms with Gasteiger partial charge in [0.25, 0.3) is 0 Å². The van der Waals surface area contributed by atoms with E-state index in [4.69, 9.17) is 0 Å². The van der Waals surface area contributed by atoms with E-state index in [-0.39, 0.29) is 5.91 Å². The van der Waals surface area contributed by atoms with Gasteiger partial charge in [0, 0.05) is 19.9 Å². The van der Waals surface area contributed by atoms with E-state index in [1.807, 2.05) is 6.21 Å². The van der Waals surface area contributed by atoms with Gasteiger partial charge < -0.3 is 5.32 Å². The fraction of sp³-hybridized carbons (Fsp3) is 0.750. The molecule has 0 spiro atoms. The van der Waals surface area contributed by atoms with Crippen molar-refractivity contribution in [1.82, 2.24) is 5.32 Å². The van der Waals surface area contributed by atoms with Gasteiger partial charge in [-0.15, -0.1) is 0 Å². The van der Waals surface area contributed by atoms with Gasteiger partial charge in [0.1, 0.15) is 7.11 Å². The molecule has 12 heavy (non-hydrogen) atoms. The summed E-state index contributed by atoms with van der Waals surface area (Å²) in [6, 6.07) is 0. The molecule has 0 radical (unpaired) electrons. The Bertz CT molecular complexity index is 146. The van der Waals surface area contributed by atoms with Crippen LogP contribution in [0.5, 0.6) is 0 Å². The maximum atomic E-state index is 10.4. The van der Waals surface area contributed by atoms with Crippen LogP contribution < -0.4 is 10.5 Å². The molecule has 0 bridgehead atoms. The number of hydrogen-bond donors (Lipinski definition) is 2. The predicted octanol–water partition coefficient (Wildman–Crippen LogP) is -0.994. The van der Waals surface area contributed by atoms with Crippen molar-refractivity contribution in [3.8, 4) is 0 Å². The third-order valence-electron chi connectivity index (χ3n) is 1.35. The Morgan fingerprint density at radius 1 is 1.58 bits per heavy atom. The first-order chi connectivity index (χ1) is 5.77. The molecule has 70 valence electrons. The lowest BCUT2D eigenvalue weighted by molar-refractivity contribution is -0.741. The Labute approximate surface area is 73.0 Å². The van der Waals surface area contributed by atoms with E-state index in [1.54, 1.807) is 7.11 Å². The summed E-state index contributed by atoms with van der Waals surface area (Å²) in [6.45, 7) is 2.29. The molecule has 0 aliphatic rings. The van der Waals surface area contributed by atoms with Crippen LogP contribution in [0.3, 0.4) is 0 Å². The summed E-state index contributed by atoms with van der Waals surface area (Å²) in [6.07, 6.45) is 4.86. The number of carbonyl (C=O) groups is 1. The fourth-order valence-electron chi connectivity index (χ4n) is 0.778. The van der Waals surface area contributed by atoms with Crippen molar-refractivity contribution in [3.63, 3.8) is 0 Å². The minimum atomic E-state index is 0.0361. The molecule has 4 heteroatoms. The zero-order valence-corrected chi connectivity index (χ0v) is 7.72. The molecule has 0 atom stereocenters. The standard InChI is InChI=1S/C8H16N2O2/c1-8(11)9-6-4-3-5-7-10-12-2/h7H,3-6H2,1-2H3,(H,9,11)/p+1. The van der Waals surface area contributed by atoms with Crippen molar-refractivity contribution in [3.05, 3.63) is 0 Å². The van der Waals surface area contributed by atoms with Gasteiger partial charge in [-0.2, -0.15) is 0 Å². The van der Waals surface area contributed by atoms with Crippen molar-refractivity contribution in [2.24, 2.45) is 0 Å². The summed E-state index contributed by atoms with van der Waals surface area (Å²) in [5.41, 5.74) is 0. The first kappa shape index (κ1) is 10.9. The molecule has 0 aliphatic heterocycles. The maximum absolute atomic E-state index is 10.4. The highest BCUT2D eigenvalue weighted by Gasteiger charge is 1.90. The third-order valence-corrected chi connectivity index (χ3v) is 1.35. The minimum Gasteiger partial charge on any atom is -0.356 e. The van der Waals surface area contributed by atoms with Gasteiger partial charge in [0.05, 0.1) is 0 Å². The van der Waals surface area contributed by atoms with E-state index >= 15 is 0 Å². The minimum absolute atomic E-state index is 0.0361. The molecule has 0 unspecified atom stereocenters. The lowest BCUT2D eigenvalue weighted by Crippen LogP contribution is -2.66. The molecule has 0 fully saturated rings. The summed E-state index contributed by atoms with van der Waals surface area (Å²) in [4.78, 5) is 15.0. The second-order valence-corrected chi connectivity index (χ2v) is 2.50. The van der Waals surface area contributed by atoms with Crippen molar-refractivity contribution >= 4 is 12.1 Å². The highest BCUT2D eigenvalue weighted by atomic mass is 16.6. The number of rotatable bonds is 6. The lowest BCUT2D eigenvalue weighted by Gasteiger charge is -1.97. The molecule has 0 heterocycles. The van der Waals surface area contributed by atoms with Gasteiger partial charge in [-0.3, -0.25) is 9.63 Å². The van der Waals surface area contributed by atoms with Gasteiger partial charge in [0.2, 0.25) is 5.91 Å². The molecular formula is C8H17N2O2+. The lowest BCUT2D eigenvalue weighted by atomic mass is 10.2. The molecule has 0 aromatic rings. The van der Waals surface area contributed by atoms with Crippen LogP contribution in [0.15, 0.2) is 0 Å². The van der Waals surface area contributed by atoms with E-state index in [0.717, 1.165) is 25.8 Å². The average molecular weight is 173 g/mol. The second-order valence-electron chi connectivity index (χ2n) is 2.50. The van der Waals surface area contributed by atoms with Crippen molar-refractivity contribution in [2.75, 3.05) is 13.7 Å². The summed E-state index contributed by atoms with van der Waals surface area (Å²) >= 11 is 0. The Kier molecular flexibility index (Phi) is 7.33. The number of amides is 1. The van der Waals surface area contributed by atoms with E-state index in [9.17, 15) is 4.79 Å². The Morgan fingerprint density at radius 3 is 2.92 bits per heavy atom. The van der Waals surface area contributed by atoms with Gasteiger partial charge in [0.15, 0.2) is 6.21 Å². The van der Waals surface area contributed by atoms with Crippen LogP contribution in [0, 0.1) is 0 Å². The molecule has 0 aromatic heterocycles. The van der Waals surface area contributed by atoms with Crippen LogP contribution in [0.25, 0.3) is 0 Å². The molecule has 1 amide bonds. The van der Waals surface area contributed by atoms with Crippen LogP contribution in [0.1, 0.15) is 26.2 Å². The van der Waals surface area contributed by atoms with Gasteiger partial charge in [-0.1, -0.05) is 0 Å². The van der Waals surface area contributed by atoms with Gasteiger partial charge in [-0.25, -0.2) is 0 Å². The SMILES string of the molecule is CO[NH+]=CCCCCNC(C)=O. The van der Waals surface area contributed by atoms with Crippen LogP contribution in [-0.2, 0) is 9.63 Å². The second kappa shape index (κ2) is 8.04. The first-order valence-electron chi connectivity index (χ1n) is 4.12. The van der Waals surface area contributed by atoms with Crippen molar-refractivity contribution < 1.29 is 14.8 Å². The van der Waals surface area contributed by atoms with Crippen LogP contribution in [0.2, 0.25) is 0 Å². The monoisotopic (exact) mass is 173 g/mol. The van der Waals surface area contributed by atoms with E-state index in [2.05, 4.69) is 15.3 Å². The Morgan fingerprint density at radius 2 is 2.33 bits per heavy atom. The summed E-state index contributed by atoms with van der Waals surface area (Å²) < 4.78 is 0. The smallest absolute Gasteiger partial charge is 0.216 e. The predicted molar refractivity (Wildman–Crippen MR) is 46.6 cm³/mol. The summed E-state index contributed by atoms with van der Waals surface area (Å²) in [5, 5.41) is 5.37. The fourth-order valence-corrected chi connectivity index (χ4v) is 0.778. The van der Waals surface area contributed by atoms with Gasteiger partial charge in [-0.05, 0) is 18.0 Å². The Balaban J connectivity index is 3.00. The van der Waals surface area contributed by atoms with Crippen molar-refractivity contribution in [1.29, 1.82) is 0 Å². The molecule has 4 nitrogen and oxygen atoms in total. The van der Waals surface area contributed by atoms with Crippen LogP contribution >= 0.6 is 0 Å². The third kappa shape index (κ3) is 8.94. The van der Waals surface area contributed by atoms with E-state index < -0.39 is 0 Å². The zero-order valence-electron chi connectivity index (χ0n) is 7.72. The molecular weight excluding hydrogens is 156 g/mol. The first-order valence-corrected chi connectivity index (χ1v) is 4.12. The largest absolute Gasteiger partial charge is 0.356 e. The molecule has 0 saturated heterocycles. The molecule has 2 N–H and O–H groups in total. The number of hydrogen-bond acceptors (Lipinski definition) is 2. The van der Waals surface area contributed by atoms with Crippen molar-refractivity contribution in [2.45, 2.75) is 26.2 Å². The quantitative estimate of drug-likeness (QED) is 0.308. The topological polar surface area (TPSA) is 52.3 Å². The average Bonchev–Trinajstić information content (AvgIpc) is 2.02. The highest BCUT2D eigenvalue weighted by molar-refractivity contribution is 5.72. The van der Waals surface area contributed by atoms with Crippen LogP contribution in [-0.4, -0.2) is 25.8 Å². The number of carbonyl (C=O) groups excluding carboxylic acids is 1. The van der Waals surface area contributed by atoms with E-state index in [1.165, 1.54) is 6.92 Å². The Hall–Kier alpha value is -1.06. The zero-order chi connectivity index (χ0) is 9.23. The summed E-state index contributed by atoms with van der Waals surface area (Å²) in [5.74, 6) is 0.0361. The molecule has 0 aliphatic carbocycles. The number of unbranched alkanes of at least 4 members (excludes halogenated alkanes) is 2.